The molecule has 2 nitrogen and oxygen atoms in total. The fraction of sp³-hybridized carbons (Fsp3) is 1.00. The second-order valence-corrected chi connectivity index (χ2v) is 26.8. The summed E-state index contributed by atoms with van der Waals surface area (Å²) in [5.74, 6) is 6.52. The lowest BCUT2D eigenvalue weighted by Crippen LogP contribution is -2.79. The van der Waals surface area contributed by atoms with Crippen LogP contribution < -0.4 is 10.6 Å². The van der Waals surface area contributed by atoms with Crippen molar-refractivity contribution in [3.63, 3.8) is 0 Å². The van der Waals surface area contributed by atoms with E-state index in [-0.39, 0.29) is 0 Å². The van der Waals surface area contributed by atoms with Gasteiger partial charge in [-0.25, -0.2) is 23.0 Å². The number of hydrogen-bond acceptors (Lipinski definition) is 0. The van der Waals surface area contributed by atoms with Crippen LogP contribution in [0.5, 0.6) is 0 Å². The van der Waals surface area contributed by atoms with Crippen molar-refractivity contribution in [2.24, 2.45) is 0 Å². The third-order valence-electron chi connectivity index (χ3n) is 15.4. The molecule has 0 amide bonds. The highest BCUT2D eigenvalue weighted by molar-refractivity contribution is 8.14. The van der Waals surface area contributed by atoms with Gasteiger partial charge < -0.3 is 20.7 Å². The van der Waals surface area contributed by atoms with Crippen LogP contribution in [0.3, 0.4) is 0 Å². The number of nitrogens with two attached hydrogens (primary N) is 2. The van der Waals surface area contributed by atoms with Gasteiger partial charge in [-0.15, -0.1) is 0 Å². The summed E-state index contributed by atoms with van der Waals surface area (Å²) < 4.78 is 0. The highest BCUT2D eigenvalue weighted by Crippen LogP contribution is 2.29. The minimum absolute atomic E-state index is 0.402. The van der Waals surface area contributed by atoms with E-state index in [1.165, 1.54) is 321 Å². The Labute approximate surface area is 444 Å². The molecule has 0 atom stereocenters. The zero-order valence-corrected chi connectivity index (χ0v) is 51.4. The minimum Gasteiger partial charge on any atom is -0.733 e. The van der Waals surface area contributed by atoms with Crippen LogP contribution in [0.4, 0.5) is 0 Å². The minimum atomic E-state index is -0.402. The SMILES string of the molecule is CCCCCCCCCCCC[NH2+]C.CCCCCCCCCCCC[NH2+]C.CCCCCCCCCC[S-2](CCCCCCCCCC)(CCCCCCCCCC)CCCCCCCCCC. The molecule has 0 aliphatic carbocycles. The van der Waals surface area contributed by atoms with Crippen LogP contribution in [0.2, 0.25) is 0 Å². The Kier molecular flexibility index (Phi) is 74.9. The van der Waals surface area contributed by atoms with Gasteiger partial charge in [-0.3, -0.25) is 0 Å². The van der Waals surface area contributed by atoms with Crippen LogP contribution in [0.25, 0.3) is 0 Å². The molecular formula is C66H144N2S. The molecule has 0 saturated carbocycles. The lowest BCUT2D eigenvalue weighted by molar-refractivity contribution is -0.627. The molecule has 0 aliphatic rings. The predicted octanol–water partition coefficient (Wildman–Crippen LogP) is 20.9. The average molecular weight is 998 g/mol. The fourth-order valence-corrected chi connectivity index (χ4v) is 14.9. The summed E-state index contributed by atoms with van der Waals surface area (Å²) in [6.07, 6.45) is 76.4. The molecule has 0 bridgehead atoms. The lowest BCUT2D eigenvalue weighted by Gasteiger charge is -2.71. The Morgan fingerprint density at radius 3 is 0.449 bits per heavy atom. The number of hydrogen-bond donors (Lipinski definition) is 2. The van der Waals surface area contributed by atoms with E-state index in [1.54, 1.807) is 48.7 Å². The molecule has 0 fully saturated rings. The van der Waals surface area contributed by atoms with Gasteiger partial charge in [-0.2, -0.15) is 0 Å². The van der Waals surface area contributed by atoms with Crippen molar-refractivity contribution in [2.75, 3.05) is 50.2 Å². The number of rotatable bonds is 58. The molecule has 0 saturated heterocycles. The van der Waals surface area contributed by atoms with Crippen LogP contribution in [-0.4, -0.2) is 50.2 Å². The molecule has 424 valence electrons. The molecule has 0 aromatic carbocycles. The van der Waals surface area contributed by atoms with E-state index in [2.05, 4.69) is 66.3 Å². The third-order valence-corrected chi connectivity index (χ3v) is 20.0. The Balaban J connectivity index is -0.00000125. The van der Waals surface area contributed by atoms with E-state index in [0.29, 0.717) is 0 Å². The monoisotopic (exact) mass is 997 g/mol. The first-order valence-corrected chi connectivity index (χ1v) is 35.7. The van der Waals surface area contributed by atoms with E-state index < -0.39 is 10.0 Å². The Morgan fingerprint density at radius 1 is 0.174 bits per heavy atom. The van der Waals surface area contributed by atoms with Crippen LogP contribution in [0.1, 0.15) is 375 Å². The first-order chi connectivity index (χ1) is 34.1. The van der Waals surface area contributed by atoms with E-state index >= 15 is 0 Å². The Bertz CT molecular complexity index is 683. The van der Waals surface area contributed by atoms with Gasteiger partial charge in [0.15, 0.2) is 0 Å². The number of unbranched alkanes of at least 4 members (excludes halogenated alkanes) is 46. The summed E-state index contributed by atoms with van der Waals surface area (Å²) in [5.41, 5.74) is 0. The topological polar surface area (TPSA) is 33.2 Å². The van der Waals surface area contributed by atoms with Crippen LogP contribution in [-0.2, 0) is 10.0 Å². The average Bonchev–Trinajstić information content (AvgIpc) is 3.36. The molecule has 3 heteroatoms. The molecule has 4 N–H and O–H groups in total. The molecule has 0 rings (SSSR count). The predicted molar refractivity (Wildman–Crippen MR) is 326 cm³/mol. The summed E-state index contributed by atoms with van der Waals surface area (Å²) in [5, 5.41) is 4.56. The van der Waals surface area contributed by atoms with E-state index in [4.69, 9.17) is 0 Å². The fourth-order valence-electron chi connectivity index (χ4n) is 10.5. The largest absolute Gasteiger partial charge is 0.733 e. The van der Waals surface area contributed by atoms with Gasteiger partial charge in [0.2, 0.25) is 0 Å². The Hall–Kier alpha value is 0.270. The van der Waals surface area contributed by atoms with Crippen molar-refractivity contribution in [3.05, 3.63) is 0 Å². The Morgan fingerprint density at radius 2 is 0.304 bits per heavy atom. The highest BCUT2D eigenvalue weighted by atomic mass is 32.3. The molecule has 0 heterocycles. The molecule has 0 aromatic rings. The summed E-state index contributed by atoms with van der Waals surface area (Å²) >= 11 is 0. The van der Waals surface area contributed by atoms with Crippen LogP contribution in [0, 0.1) is 0 Å². The van der Waals surface area contributed by atoms with Crippen molar-refractivity contribution in [1.29, 1.82) is 0 Å². The van der Waals surface area contributed by atoms with Crippen molar-refractivity contribution in [3.8, 4) is 0 Å². The molecule has 0 aliphatic heterocycles. The van der Waals surface area contributed by atoms with E-state index in [9.17, 15) is 0 Å². The van der Waals surface area contributed by atoms with Crippen molar-refractivity contribution in [2.45, 2.75) is 375 Å². The summed E-state index contributed by atoms with van der Waals surface area (Å²) in [6, 6.07) is 0. The summed E-state index contributed by atoms with van der Waals surface area (Å²) in [6.45, 7) is 16.6. The van der Waals surface area contributed by atoms with E-state index in [1.807, 2.05) is 0 Å². The molecule has 0 spiro atoms. The van der Waals surface area contributed by atoms with Gasteiger partial charge in [-0.1, -0.05) is 350 Å². The van der Waals surface area contributed by atoms with Gasteiger partial charge in [0.25, 0.3) is 0 Å². The normalized spacial score (nSPS) is 11.7. The summed E-state index contributed by atoms with van der Waals surface area (Å²) in [7, 11) is 3.92. The van der Waals surface area contributed by atoms with Crippen LogP contribution in [0.15, 0.2) is 0 Å². The first-order valence-electron chi connectivity index (χ1n) is 33.4. The van der Waals surface area contributed by atoms with Crippen molar-refractivity contribution < 1.29 is 10.6 Å². The molecule has 0 aromatic heterocycles. The quantitative estimate of drug-likeness (QED) is 0.0570. The number of quaternary nitrogens is 2. The molecular weight excluding hydrogens is 853 g/mol. The van der Waals surface area contributed by atoms with Crippen molar-refractivity contribution >= 4 is 10.0 Å². The van der Waals surface area contributed by atoms with Gasteiger partial charge in [0, 0.05) is 0 Å². The second-order valence-electron chi connectivity index (χ2n) is 22.7. The maximum atomic E-state index is 2.34. The standard InChI is InChI=1S/C40H84S.2C13H29N/c1-5-9-13-17-21-25-29-33-37-41(38-34-30-26-22-18-14-10-6-2,39-35-31-27-23-19-15-11-7-3)40-36-32-28-24-20-16-12-8-4;2*1-3-4-5-6-7-8-9-10-11-12-13-14-2/h5-40H2,1-4H3;2*14H,3-13H2,1-2H3/q-2;;/p+2. The second kappa shape index (κ2) is 70.3. The van der Waals surface area contributed by atoms with Crippen molar-refractivity contribution in [1.82, 2.24) is 0 Å². The molecule has 69 heavy (non-hydrogen) atoms. The third kappa shape index (κ3) is 68.3. The smallest absolute Gasteiger partial charge is 0.0753 e. The molecule has 0 radical (unpaired) electrons. The summed E-state index contributed by atoms with van der Waals surface area (Å²) in [4.78, 5) is 0. The lowest BCUT2D eigenvalue weighted by atomic mass is 10.1. The zero-order valence-electron chi connectivity index (χ0n) is 50.6. The van der Waals surface area contributed by atoms with Gasteiger partial charge in [0.1, 0.15) is 0 Å². The van der Waals surface area contributed by atoms with Crippen LogP contribution >= 0.6 is 0 Å². The van der Waals surface area contributed by atoms with E-state index in [0.717, 1.165) is 0 Å². The first kappa shape index (κ1) is 73.5. The highest BCUT2D eigenvalue weighted by Gasteiger charge is 2.03. The zero-order chi connectivity index (χ0) is 50.9. The van der Waals surface area contributed by atoms with Gasteiger partial charge >= 0.3 is 0 Å². The van der Waals surface area contributed by atoms with Gasteiger partial charge in [-0.05, 0) is 25.7 Å². The maximum Gasteiger partial charge on any atom is 0.0753 e. The maximum absolute atomic E-state index is 2.34. The molecule has 0 unspecified atom stereocenters. The van der Waals surface area contributed by atoms with Gasteiger partial charge in [0.05, 0.1) is 27.2 Å².